The van der Waals surface area contributed by atoms with Gasteiger partial charge in [-0.1, -0.05) is 31.3 Å². The predicted octanol–water partition coefficient (Wildman–Crippen LogP) is 3.71. The van der Waals surface area contributed by atoms with Crippen LogP contribution < -0.4 is 5.73 Å². The van der Waals surface area contributed by atoms with E-state index in [0.29, 0.717) is 23.1 Å². The first-order chi connectivity index (χ1) is 10.2. The predicted molar refractivity (Wildman–Crippen MR) is 80.8 cm³/mol. The molecule has 5 nitrogen and oxygen atoms in total. The molecular formula is C16H21N3O2. The van der Waals surface area contributed by atoms with Crippen LogP contribution >= 0.6 is 0 Å². The first-order valence-corrected chi connectivity index (χ1v) is 7.59. The lowest BCUT2D eigenvalue weighted by Gasteiger charge is -2.26. The summed E-state index contributed by atoms with van der Waals surface area (Å²) in [7, 11) is 0. The quantitative estimate of drug-likeness (QED) is 0.840. The summed E-state index contributed by atoms with van der Waals surface area (Å²) in [4.78, 5) is 4.48. The summed E-state index contributed by atoms with van der Waals surface area (Å²) in [5, 5.41) is 14.1. The molecule has 21 heavy (non-hydrogen) atoms. The van der Waals surface area contributed by atoms with E-state index in [9.17, 15) is 5.11 Å². The number of benzene rings is 1. The topological polar surface area (TPSA) is 85.2 Å². The molecule has 2 atom stereocenters. The Morgan fingerprint density at radius 2 is 2.24 bits per heavy atom. The van der Waals surface area contributed by atoms with Gasteiger partial charge in [-0.2, -0.15) is 4.98 Å². The van der Waals surface area contributed by atoms with Gasteiger partial charge in [0.15, 0.2) is 5.82 Å². The van der Waals surface area contributed by atoms with Crippen LogP contribution in [0.2, 0.25) is 0 Å². The number of nitrogen functional groups attached to an aromatic ring is 1. The van der Waals surface area contributed by atoms with Crippen molar-refractivity contribution in [3.63, 3.8) is 0 Å². The third-order valence-corrected chi connectivity index (χ3v) is 4.42. The fraction of sp³-hybridized carbons (Fsp3) is 0.500. The third kappa shape index (κ3) is 2.86. The van der Waals surface area contributed by atoms with Gasteiger partial charge in [0, 0.05) is 17.7 Å². The summed E-state index contributed by atoms with van der Waals surface area (Å²) in [5.74, 6) is 2.33. The summed E-state index contributed by atoms with van der Waals surface area (Å²) in [6.07, 6.45) is 5.98. The van der Waals surface area contributed by atoms with Gasteiger partial charge in [0.2, 0.25) is 0 Å². The molecule has 1 aliphatic carbocycles. The zero-order valence-electron chi connectivity index (χ0n) is 12.2. The van der Waals surface area contributed by atoms with Crippen LogP contribution in [0.3, 0.4) is 0 Å². The van der Waals surface area contributed by atoms with E-state index in [1.165, 1.54) is 25.3 Å². The van der Waals surface area contributed by atoms with Gasteiger partial charge in [-0.3, -0.25) is 0 Å². The van der Waals surface area contributed by atoms with E-state index in [4.69, 9.17) is 10.3 Å². The SMILES string of the molecule is CCC1CCCC(c2noc(-c3ccc(N)cc3O)n2)C1. The van der Waals surface area contributed by atoms with Gasteiger partial charge in [0.05, 0.1) is 5.56 Å². The van der Waals surface area contributed by atoms with Crippen molar-refractivity contribution in [1.82, 2.24) is 10.1 Å². The van der Waals surface area contributed by atoms with Crippen LogP contribution in [0.1, 0.15) is 50.8 Å². The van der Waals surface area contributed by atoms with E-state index in [0.717, 1.165) is 24.6 Å². The maximum atomic E-state index is 9.94. The molecule has 1 aliphatic rings. The normalized spacial score (nSPS) is 22.3. The van der Waals surface area contributed by atoms with Gasteiger partial charge >= 0.3 is 0 Å². The largest absolute Gasteiger partial charge is 0.507 e. The fourth-order valence-electron chi connectivity index (χ4n) is 3.14. The molecule has 0 aliphatic heterocycles. The Labute approximate surface area is 124 Å². The Kier molecular flexibility index (Phi) is 3.82. The second-order valence-corrected chi connectivity index (χ2v) is 5.87. The number of phenolic OH excluding ortho intramolecular Hbond substituents is 1. The molecule has 0 spiro atoms. The van der Waals surface area contributed by atoms with Crippen molar-refractivity contribution in [3.8, 4) is 17.2 Å². The highest BCUT2D eigenvalue weighted by atomic mass is 16.5. The molecule has 2 unspecified atom stereocenters. The molecule has 5 heteroatoms. The lowest BCUT2D eigenvalue weighted by atomic mass is 9.80. The number of nitrogens with zero attached hydrogens (tertiary/aromatic N) is 2. The molecule has 2 aromatic rings. The first-order valence-electron chi connectivity index (χ1n) is 7.59. The number of phenols is 1. The molecule has 1 aromatic heterocycles. The zero-order chi connectivity index (χ0) is 14.8. The monoisotopic (exact) mass is 287 g/mol. The third-order valence-electron chi connectivity index (χ3n) is 4.42. The first kappa shape index (κ1) is 13.9. The van der Waals surface area contributed by atoms with E-state index in [1.54, 1.807) is 12.1 Å². The lowest BCUT2D eigenvalue weighted by Crippen LogP contribution is -2.14. The number of aromatic hydroxyl groups is 1. The van der Waals surface area contributed by atoms with Crippen LogP contribution in [0, 0.1) is 5.92 Å². The number of anilines is 1. The van der Waals surface area contributed by atoms with E-state index in [-0.39, 0.29) is 5.75 Å². The van der Waals surface area contributed by atoms with E-state index in [1.807, 2.05) is 0 Å². The second-order valence-electron chi connectivity index (χ2n) is 5.87. The van der Waals surface area contributed by atoms with Crippen molar-refractivity contribution >= 4 is 5.69 Å². The van der Waals surface area contributed by atoms with Crippen LogP contribution in [-0.4, -0.2) is 15.2 Å². The van der Waals surface area contributed by atoms with Gasteiger partial charge in [-0.15, -0.1) is 0 Å². The minimum atomic E-state index is 0.0697. The summed E-state index contributed by atoms with van der Waals surface area (Å²) < 4.78 is 5.33. The zero-order valence-corrected chi connectivity index (χ0v) is 12.2. The molecule has 1 aromatic carbocycles. The van der Waals surface area contributed by atoms with Crippen LogP contribution in [-0.2, 0) is 0 Å². The molecular weight excluding hydrogens is 266 g/mol. The molecule has 1 heterocycles. The number of hydrogen-bond acceptors (Lipinski definition) is 5. The molecule has 1 fully saturated rings. The molecule has 0 saturated heterocycles. The number of aromatic nitrogens is 2. The molecule has 0 bridgehead atoms. The maximum Gasteiger partial charge on any atom is 0.261 e. The van der Waals surface area contributed by atoms with Gasteiger partial charge in [-0.05, 0) is 30.9 Å². The van der Waals surface area contributed by atoms with Crippen molar-refractivity contribution in [1.29, 1.82) is 0 Å². The smallest absolute Gasteiger partial charge is 0.261 e. The van der Waals surface area contributed by atoms with Crippen LogP contribution in [0.15, 0.2) is 22.7 Å². The van der Waals surface area contributed by atoms with E-state index >= 15 is 0 Å². The summed E-state index contributed by atoms with van der Waals surface area (Å²) in [5.41, 5.74) is 6.67. The van der Waals surface area contributed by atoms with E-state index < -0.39 is 0 Å². The molecule has 112 valence electrons. The van der Waals surface area contributed by atoms with Crippen LogP contribution in [0.5, 0.6) is 5.75 Å². The summed E-state index contributed by atoms with van der Waals surface area (Å²) in [6.45, 7) is 2.24. The van der Waals surface area contributed by atoms with Gasteiger partial charge in [0.1, 0.15) is 5.75 Å². The standard InChI is InChI=1S/C16H21N3O2/c1-2-10-4-3-5-11(8-10)15-18-16(21-19-15)13-7-6-12(17)9-14(13)20/h6-7,9-11,20H,2-5,8,17H2,1H3. The van der Waals surface area contributed by atoms with Crippen molar-refractivity contribution in [3.05, 3.63) is 24.0 Å². The maximum absolute atomic E-state index is 9.94. The highest BCUT2D eigenvalue weighted by molar-refractivity contribution is 5.66. The number of hydrogen-bond donors (Lipinski definition) is 2. The summed E-state index contributed by atoms with van der Waals surface area (Å²) >= 11 is 0. The Hall–Kier alpha value is -2.04. The second kappa shape index (κ2) is 5.76. The molecule has 0 amide bonds. The molecule has 3 rings (SSSR count). The van der Waals surface area contributed by atoms with Crippen molar-refractivity contribution in [2.75, 3.05) is 5.73 Å². The van der Waals surface area contributed by atoms with Gasteiger partial charge < -0.3 is 15.4 Å². The highest BCUT2D eigenvalue weighted by Gasteiger charge is 2.26. The minimum absolute atomic E-state index is 0.0697. The Morgan fingerprint density at radius 1 is 1.38 bits per heavy atom. The lowest BCUT2D eigenvalue weighted by molar-refractivity contribution is 0.300. The molecule has 0 radical (unpaired) electrons. The average Bonchev–Trinajstić information content (AvgIpc) is 2.97. The highest BCUT2D eigenvalue weighted by Crippen LogP contribution is 2.37. The number of nitrogens with two attached hydrogens (primary N) is 1. The minimum Gasteiger partial charge on any atom is -0.507 e. The van der Waals surface area contributed by atoms with Crippen LogP contribution in [0.25, 0.3) is 11.5 Å². The van der Waals surface area contributed by atoms with Crippen LogP contribution in [0.4, 0.5) is 5.69 Å². The Bertz CT molecular complexity index is 624. The van der Waals surface area contributed by atoms with Crippen molar-refractivity contribution < 1.29 is 9.63 Å². The van der Waals surface area contributed by atoms with Gasteiger partial charge in [-0.25, -0.2) is 0 Å². The Morgan fingerprint density at radius 3 is 3.00 bits per heavy atom. The van der Waals surface area contributed by atoms with E-state index in [2.05, 4.69) is 17.1 Å². The number of rotatable bonds is 3. The fourth-order valence-corrected chi connectivity index (χ4v) is 3.14. The van der Waals surface area contributed by atoms with Crippen molar-refractivity contribution in [2.45, 2.75) is 44.9 Å². The molecule has 3 N–H and O–H groups in total. The summed E-state index contributed by atoms with van der Waals surface area (Å²) in [6, 6.07) is 4.91. The molecule has 1 saturated carbocycles. The average molecular weight is 287 g/mol. The Balaban J connectivity index is 1.83. The van der Waals surface area contributed by atoms with Gasteiger partial charge in [0.25, 0.3) is 5.89 Å². The van der Waals surface area contributed by atoms with Crippen molar-refractivity contribution in [2.24, 2.45) is 5.92 Å².